The zero-order chi connectivity index (χ0) is 21.0. The fraction of sp³-hybridized carbons (Fsp3) is 0.455. The maximum Gasteiger partial charge on any atom is 0.240 e. The molecule has 1 aliphatic heterocycles. The van der Waals surface area contributed by atoms with Gasteiger partial charge in [-0.2, -0.15) is 0 Å². The highest BCUT2D eigenvalue weighted by atomic mass is 32.2. The van der Waals surface area contributed by atoms with Crippen molar-refractivity contribution in [3.63, 3.8) is 0 Å². The van der Waals surface area contributed by atoms with Crippen LogP contribution in [0.2, 0.25) is 0 Å². The molecule has 0 aromatic heterocycles. The second-order valence-electron chi connectivity index (χ2n) is 7.96. The molecule has 1 atom stereocenters. The summed E-state index contributed by atoms with van der Waals surface area (Å²) in [4.78, 5) is 7.10. The summed E-state index contributed by atoms with van der Waals surface area (Å²) in [6.07, 6.45) is 0. The summed E-state index contributed by atoms with van der Waals surface area (Å²) in [6.45, 7) is 5.98. The third-order valence-electron chi connectivity index (χ3n) is 5.62. The lowest BCUT2D eigenvalue weighted by Crippen LogP contribution is -2.48. The molecule has 1 N–H and O–H groups in total. The van der Waals surface area contributed by atoms with Crippen LogP contribution in [0.4, 0.5) is 5.69 Å². The highest BCUT2D eigenvalue weighted by Crippen LogP contribution is 2.25. The molecule has 1 aliphatic rings. The largest absolute Gasteiger partial charge is 0.378 e. The number of benzene rings is 2. The topological polar surface area (TPSA) is 55.9 Å². The van der Waals surface area contributed by atoms with Gasteiger partial charge in [-0.3, -0.25) is 4.90 Å². The van der Waals surface area contributed by atoms with Crippen molar-refractivity contribution >= 4 is 15.7 Å². The van der Waals surface area contributed by atoms with E-state index < -0.39 is 10.0 Å². The Morgan fingerprint density at radius 3 is 2.21 bits per heavy atom. The van der Waals surface area contributed by atoms with E-state index in [1.807, 2.05) is 33.2 Å². The van der Waals surface area contributed by atoms with Crippen molar-refractivity contribution in [1.29, 1.82) is 0 Å². The second-order valence-corrected chi connectivity index (χ2v) is 9.69. The van der Waals surface area contributed by atoms with Crippen LogP contribution < -0.4 is 9.62 Å². The minimum absolute atomic E-state index is 0.00120. The summed E-state index contributed by atoms with van der Waals surface area (Å²) in [5.74, 6) is 0. The van der Waals surface area contributed by atoms with Crippen LogP contribution in [-0.2, 0) is 10.0 Å². The van der Waals surface area contributed by atoms with Gasteiger partial charge in [0.1, 0.15) is 0 Å². The van der Waals surface area contributed by atoms with Crippen LogP contribution >= 0.6 is 0 Å². The fourth-order valence-electron chi connectivity index (χ4n) is 3.71. The molecule has 3 rings (SSSR count). The van der Waals surface area contributed by atoms with Crippen molar-refractivity contribution in [3.8, 4) is 0 Å². The number of sulfonamides is 1. The number of aryl methyl sites for hydroxylation is 1. The van der Waals surface area contributed by atoms with Gasteiger partial charge in [0.25, 0.3) is 0 Å². The van der Waals surface area contributed by atoms with E-state index in [2.05, 4.69) is 50.7 Å². The number of nitrogens with zero attached hydrogens (tertiary/aromatic N) is 3. The summed E-state index contributed by atoms with van der Waals surface area (Å²) >= 11 is 0. The number of anilines is 1. The molecule has 1 saturated heterocycles. The van der Waals surface area contributed by atoms with Crippen molar-refractivity contribution < 1.29 is 8.42 Å². The summed E-state index contributed by atoms with van der Waals surface area (Å²) in [5.41, 5.74) is 3.02. The van der Waals surface area contributed by atoms with E-state index >= 15 is 0 Å². The molecule has 0 aliphatic carbocycles. The van der Waals surface area contributed by atoms with Crippen LogP contribution in [0.5, 0.6) is 0 Å². The van der Waals surface area contributed by atoms with Crippen molar-refractivity contribution in [3.05, 3.63) is 59.7 Å². The van der Waals surface area contributed by atoms with Crippen LogP contribution in [0.15, 0.2) is 53.4 Å². The van der Waals surface area contributed by atoms with Gasteiger partial charge in [-0.15, -0.1) is 0 Å². The summed E-state index contributed by atoms with van der Waals surface area (Å²) in [5, 5.41) is 0. The summed E-state index contributed by atoms with van der Waals surface area (Å²) < 4.78 is 28.7. The Kier molecular flexibility index (Phi) is 6.95. The Labute approximate surface area is 175 Å². The fourth-order valence-corrected chi connectivity index (χ4v) is 4.99. The van der Waals surface area contributed by atoms with Crippen molar-refractivity contribution in [2.75, 3.05) is 58.8 Å². The predicted octanol–water partition coefficient (Wildman–Crippen LogP) is 2.33. The van der Waals surface area contributed by atoms with Gasteiger partial charge in [-0.05, 0) is 43.3 Å². The Morgan fingerprint density at radius 2 is 1.62 bits per heavy atom. The lowest BCUT2D eigenvalue weighted by molar-refractivity contribution is 0.113. The zero-order valence-electron chi connectivity index (χ0n) is 17.8. The molecule has 0 bridgehead atoms. The van der Waals surface area contributed by atoms with Gasteiger partial charge in [0.05, 0.1) is 4.90 Å². The molecule has 7 heteroatoms. The van der Waals surface area contributed by atoms with Crippen LogP contribution in [0.3, 0.4) is 0 Å². The molecule has 1 fully saturated rings. The van der Waals surface area contributed by atoms with Crippen LogP contribution in [0.25, 0.3) is 0 Å². The number of likely N-dealkylation sites (N-methyl/N-ethyl adjacent to an activating group) is 1. The molecule has 1 heterocycles. The van der Waals surface area contributed by atoms with Gasteiger partial charge in [0.15, 0.2) is 0 Å². The monoisotopic (exact) mass is 416 g/mol. The van der Waals surface area contributed by atoms with Gasteiger partial charge in [-0.25, -0.2) is 13.1 Å². The molecule has 2 aromatic rings. The lowest BCUT2D eigenvalue weighted by Gasteiger charge is -2.38. The SMILES string of the molecule is Cc1ccccc1S(=O)(=O)NC[C@H](c1ccc(N(C)C)cc1)N1CCN(C)CC1. The number of hydrogen-bond acceptors (Lipinski definition) is 5. The molecule has 0 unspecified atom stereocenters. The molecule has 0 amide bonds. The second kappa shape index (κ2) is 9.26. The van der Waals surface area contributed by atoms with Crippen LogP contribution in [-0.4, -0.2) is 72.1 Å². The molecular formula is C22H32N4O2S. The van der Waals surface area contributed by atoms with Crippen LogP contribution in [0, 0.1) is 6.92 Å². The third kappa shape index (κ3) is 5.36. The Balaban J connectivity index is 1.82. The smallest absolute Gasteiger partial charge is 0.240 e. The summed E-state index contributed by atoms with van der Waals surface area (Å²) in [6, 6.07) is 15.5. The third-order valence-corrected chi connectivity index (χ3v) is 7.21. The van der Waals surface area contributed by atoms with Gasteiger partial charge >= 0.3 is 0 Å². The first-order valence-electron chi connectivity index (χ1n) is 10.0. The first kappa shape index (κ1) is 21.8. The van der Waals surface area contributed by atoms with E-state index in [4.69, 9.17) is 0 Å². The maximum absolute atomic E-state index is 12.9. The number of rotatable bonds is 7. The highest BCUT2D eigenvalue weighted by Gasteiger charge is 2.26. The first-order chi connectivity index (χ1) is 13.8. The maximum atomic E-state index is 12.9. The minimum atomic E-state index is -3.56. The molecule has 158 valence electrons. The van der Waals surface area contributed by atoms with Gasteiger partial charge in [0, 0.05) is 58.5 Å². The molecule has 0 radical (unpaired) electrons. The average molecular weight is 417 g/mol. The average Bonchev–Trinajstić information content (AvgIpc) is 2.70. The Hall–Kier alpha value is -1.93. The molecule has 6 nitrogen and oxygen atoms in total. The van der Waals surface area contributed by atoms with E-state index in [1.54, 1.807) is 12.1 Å². The molecule has 29 heavy (non-hydrogen) atoms. The summed E-state index contributed by atoms with van der Waals surface area (Å²) in [7, 11) is 2.60. The molecule has 2 aromatic carbocycles. The number of piperazine rings is 1. The highest BCUT2D eigenvalue weighted by molar-refractivity contribution is 7.89. The normalized spacial score (nSPS) is 17.2. The van der Waals surface area contributed by atoms with E-state index in [-0.39, 0.29) is 6.04 Å². The standard InChI is InChI=1S/C22H32N4O2S/c1-18-7-5-6-8-22(18)29(27,28)23-17-21(26-15-13-25(4)14-16-26)19-9-11-20(12-10-19)24(2)3/h5-12,21,23H,13-17H2,1-4H3/t21-/m1/s1. The van der Waals surface area contributed by atoms with Crippen LogP contribution in [0.1, 0.15) is 17.2 Å². The van der Waals surface area contributed by atoms with Gasteiger partial charge in [-0.1, -0.05) is 30.3 Å². The van der Waals surface area contributed by atoms with Crippen molar-refractivity contribution in [2.45, 2.75) is 17.9 Å². The van der Waals surface area contributed by atoms with E-state index in [0.717, 1.165) is 43.0 Å². The number of nitrogens with one attached hydrogen (secondary N) is 1. The number of hydrogen-bond donors (Lipinski definition) is 1. The lowest BCUT2D eigenvalue weighted by atomic mass is 10.0. The minimum Gasteiger partial charge on any atom is -0.378 e. The zero-order valence-corrected chi connectivity index (χ0v) is 18.6. The van der Waals surface area contributed by atoms with E-state index in [1.165, 1.54) is 0 Å². The van der Waals surface area contributed by atoms with Crippen molar-refractivity contribution in [1.82, 2.24) is 14.5 Å². The quantitative estimate of drug-likeness (QED) is 0.751. The van der Waals surface area contributed by atoms with E-state index in [0.29, 0.717) is 11.4 Å². The van der Waals surface area contributed by atoms with E-state index in [9.17, 15) is 8.42 Å². The Bertz CT molecular complexity index is 905. The molecule has 0 saturated carbocycles. The molecular weight excluding hydrogens is 384 g/mol. The molecule has 0 spiro atoms. The van der Waals surface area contributed by atoms with Gasteiger partial charge < -0.3 is 9.80 Å². The van der Waals surface area contributed by atoms with Crippen molar-refractivity contribution in [2.24, 2.45) is 0 Å². The predicted molar refractivity (Wildman–Crippen MR) is 119 cm³/mol. The first-order valence-corrected chi connectivity index (χ1v) is 11.5. The van der Waals surface area contributed by atoms with Gasteiger partial charge in [0.2, 0.25) is 10.0 Å². The Morgan fingerprint density at radius 1 is 1.00 bits per heavy atom.